The van der Waals surface area contributed by atoms with E-state index in [0.29, 0.717) is 0 Å². The number of para-hydroxylation sites is 1. The molecule has 3 aromatic rings. The van der Waals surface area contributed by atoms with Crippen LogP contribution in [0, 0.1) is 10.1 Å². The fourth-order valence-corrected chi connectivity index (χ4v) is 4.26. The molecule has 0 aliphatic heterocycles. The van der Waals surface area contributed by atoms with E-state index in [4.69, 9.17) is 0 Å². The summed E-state index contributed by atoms with van der Waals surface area (Å²) in [7, 11) is -3.92. The van der Waals surface area contributed by atoms with E-state index >= 15 is 0 Å². The zero-order valence-corrected chi connectivity index (χ0v) is 17.5. The molecule has 31 heavy (non-hydrogen) atoms. The van der Waals surface area contributed by atoms with Crippen molar-refractivity contribution in [1.82, 2.24) is 5.32 Å². The van der Waals surface area contributed by atoms with Gasteiger partial charge in [-0.2, -0.15) is 0 Å². The lowest BCUT2D eigenvalue weighted by Crippen LogP contribution is -2.28. The Morgan fingerprint density at radius 1 is 1.00 bits per heavy atom. The van der Waals surface area contributed by atoms with Gasteiger partial charge >= 0.3 is 0 Å². The molecule has 0 saturated carbocycles. The van der Waals surface area contributed by atoms with E-state index in [2.05, 4.69) is 10.0 Å². The van der Waals surface area contributed by atoms with Gasteiger partial charge in [0.1, 0.15) is 0 Å². The van der Waals surface area contributed by atoms with Crippen molar-refractivity contribution in [2.75, 3.05) is 4.72 Å². The van der Waals surface area contributed by atoms with Gasteiger partial charge < -0.3 is 5.32 Å². The number of hydrogen-bond acceptors (Lipinski definition) is 5. The molecule has 0 aliphatic rings. The summed E-state index contributed by atoms with van der Waals surface area (Å²) in [6.07, 6.45) is 0. The summed E-state index contributed by atoms with van der Waals surface area (Å²) in [6.45, 7) is 1.84. The van der Waals surface area contributed by atoms with E-state index < -0.39 is 26.6 Å². The maximum atomic E-state index is 12.8. The number of amides is 1. The molecule has 0 spiro atoms. The molecule has 2 N–H and O–H groups in total. The normalized spacial score (nSPS) is 12.0. The molecule has 0 saturated heterocycles. The molecule has 0 fully saturated rings. The first-order valence-corrected chi connectivity index (χ1v) is 11.1. The molecule has 1 atom stereocenters. The molecule has 9 heteroatoms. The highest BCUT2D eigenvalue weighted by atomic mass is 32.2. The largest absolute Gasteiger partial charge is 0.345 e. The van der Waals surface area contributed by atoms with Crippen LogP contribution in [-0.4, -0.2) is 19.2 Å². The van der Waals surface area contributed by atoms with Crippen LogP contribution in [0.3, 0.4) is 0 Å². The molecular weight excluding hydrogens is 418 g/mol. The lowest BCUT2D eigenvalue weighted by Gasteiger charge is -2.17. The number of nitrogens with zero attached hydrogens (tertiary/aromatic N) is 1. The van der Waals surface area contributed by atoms with Crippen LogP contribution in [-0.2, 0) is 15.8 Å². The summed E-state index contributed by atoms with van der Waals surface area (Å²) >= 11 is 0. The number of carbonyl (C=O) groups is 1. The van der Waals surface area contributed by atoms with Crippen LogP contribution in [0.5, 0.6) is 0 Å². The zero-order chi connectivity index (χ0) is 22.4. The van der Waals surface area contributed by atoms with Gasteiger partial charge in [-0.1, -0.05) is 54.6 Å². The minimum atomic E-state index is -3.92. The lowest BCUT2D eigenvalue weighted by atomic mass is 10.1. The average Bonchev–Trinajstić information content (AvgIpc) is 2.74. The van der Waals surface area contributed by atoms with Gasteiger partial charge in [-0.15, -0.1) is 0 Å². The van der Waals surface area contributed by atoms with Crippen molar-refractivity contribution in [3.8, 4) is 0 Å². The number of carbonyl (C=O) groups excluding carboxylic acids is 1. The molecular formula is C22H21N3O5S. The Bertz CT molecular complexity index is 1200. The molecule has 0 aliphatic carbocycles. The molecule has 0 heterocycles. The summed E-state index contributed by atoms with van der Waals surface area (Å²) in [5.74, 6) is -0.893. The Hall–Kier alpha value is -3.72. The van der Waals surface area contributed by atoms with Crippen LogP contribution in [0.25, 0.3) is 0 Å². The van der Waals surface area contributed by atoms with Crippen molar-refractivity contribution in [2.24, 2.45) is 0 Å². The van der Waals surface area contributed by atoms with Gasteiger partial charge in [0, 0.05) is 12.1 Å². The second-order valence-corrected chi connectivity index (χ2v) is 8.66. The number of rotatable bonds is 8. The Morgan fingerprint density at radius 2 is 1.68 bits per heavy atom. The summed E-state index contributed by atoms with van der Waals surface area (Å²) < 4.78 is 27.7. The van der Waals surface area contributed by atoms with E-state index in [1.54, 1.807) is 12.1 Å². The summed E-state index contributed by atoms with van der Waals surface area (Å²) in [6, 6.07) is 20.8. The third-order valence-corrected chi connectivity index (χ3v) is 5.81. The first-order valence-electron chi connectivity index (χ1n) is 9.44. The minimum absolute atomic E-state index is 0.130. The number of hydrogen-bond donors (Lipinski definition) is 2. The van der Waals surface area contributed by atoms with Crippen LogP contribution >= 0.6 is 0 Å². The highest BCUT2D eigenvalue weighted by Crippen LogP contribution is 2.21. The topological polar surface area (TPSA) is 118 Å². The van der Waals surface area contributed by atoms with Crippen molar-refractivity contribution in [2.45, 2.75) is 18.7 Å². The smallest absolute Gasteiger partial charge is 0.269 e. The van der Waals surface area contributed by atoms with Crippen LogP contribution in [0.2, 0.25) is 0 Å². The molecule has 0 aromatic heterocycles. The predicted octanol–water partition coefficient (Wildman–Crippen LogP) is 4.03. The maximum Gasteiger partial charge on any atom is 0.269 e. The van der Waals surface area contributed by atoms with E-state index in [1.165, 1.54) is 36.4 Å². The molecule has 1 amide bonds. The second-order valence-electron chi connectivity index (χ2n) is 6.94. The fraction of sp³-hybridized carbons (Fsp3) is 0.136. The standard InChI is InChI=1S/C22H21N3O5S/c1-16(18-9-3-2-4-10-18)23-22(26)20-12-5-6-13-21(20)24-31(29,30)15-17-8-7-11-19(14-17)25(27)28/h2-14,16,24H,15H2,1H3,(H,23,26). The SMILES string of the molecule is CC(NC(=O)c1ccccc1NS(=O)(=O)Cc1cccc([N+](=O)[O-])c1)c1ccccc1. The Labute approximate surface area is 180 Å². The third kappa shape index (κ3) is 5.89. The van der Waals surface area contributed by atoms with Crippen molar-refractivity contribution in [1.29, 1.82) is 0 Å². The third-order valence-electron chi connectivity index (χ3n) is 4.56. The molecule has 160 valence electrons. The van der Waals surface area contributed by atoms with Gasteiger partial charge in [0.05, 0.1) is 28.0 Å². The summed E-state index contributed by atoms with van der Waals surface area (Å²) in [4.78, 5) is 23.1. The fourth-order valence-electron chi connectivity index (χ4n) is 3.05. The van der Waals surface area contributed by atoms with Crippen LogP contribution in [0.15, 0.2) is 78.9 Å². The van der Waals surface area contributed by atoms with Crippen molar-refractivity contribution >= 4 is 27.3 Å². The van der Waals surface area contributed by atoms with E-state index in [-0.39, 0.29) is 28.5 Å². The molecule has 1 unspecified atom stereocenters. The highest BCUT2D eigenvalue weighted by Gasteiger charge is 2.19. The first-order chi connectivity index (χ1) is 14.7. The van der Waals surface area contributed by atoms with Crippen molar-refractivity contribution in [3.05, 3.63) is 106 Å². The Kier molecular flexibility index (Phi) is 6.66. The number of benzene rings is 3. The van der Waals surface area contributed by atoms with Crippen LogP contribution < -0.4 is 10.0 Å². The number of sulfonamides is 1. The summed E-state index contributed by atoms with van der Waals surface area (Å²) in [5, 5.41) is 13.8. The second kappa shape index (κ2) is 9.40. The van der Waals surface area contributed by atoms with Gasteiger partial charge in [-0.3, -0.25) is 19.6 Å². The quantitative estimate of drug-likeness (QED) is 0.406. The summed E-state index contributed by atoms with van der Waals surface area (Å²) in [5.41, 5.74) is 1.29. The van der Waals surface area contributed by atoms with Crippen molar-refractivity contribution < 1.29 is 18.1 Å². The first kappa shape index (κ1) is 22.0. The van der Waals surface area contributed by atoms with E-state index in [1.807, 2.05) is 37.3 Å². The van der Waals surface area contributed by atoms with E-state index in [9.17, 15) is 23.3 Å². The molecule has 3 aromatic carbocycles. The van der Waals surface area contributed by atoms with Crippen LogP contribution in [0.1, 0.15) is 34.5 Å². The van der Waals surface area contributed by atoms with Gasteiger partial charge in [0.25, 0.3) is 11.6 Å². The number of nitro groups is 1. The number of non-ortho nitro benzene ring substituents is 1. The Balaban J connectivity index is 1.77. The zero-order valence-electron chi connectivity index (χ0n) is 16.7. The van der Waals surface area contributed by atoms with Crippen LogP contribution in [0.4, 0.5) is 11.4 Å². The monoisotopic (exact) mass is 439 g/mol. The Morgan fingerprint density at radius 3 is 2.39 bits per heavy atom. The maximum absolute atomic E-state index is 12.8. The predicted molar refractivity (Wildman–Crippen MR) is 118 cm³/mol. The molecule has 8 nitrogen and oxygen atoms in total. The number of nitro benzene ring substituents is 1. The van der Waals surface area contributed by atoms with Gasteiger partial charge in [-0.25, -0.2) is 8.42 Å². The molecule has 0 radical (unpaired) electrons. The molecule has 0 bridgehead atoms. The number of anilines is 1. The lowest BCUT2D eigenvalue weighted by molar-refractivity contribution is -0.384. The average molecular weight is 439 g/mol. The number of nitrogens with one attached hydrogen (secondary N) is 2. The molecule has 3 rings (SSSR count). The van der Waals surface area contributed by atoms with Gasteiger partial charge in [0.15, 0.2) is 0 Å². The van der Waals surface area contributed by atoms with Gasteiger partial charge in [0.2, 0.25) is 10.0 Å². The minimum Gasteiger partial charge on any atom is -0.345 e. The van der Waals surface area contributed by atoms with Crippen molar-refractivity contribution in [3.63, 3.8) is 0 Å². The van der Waals surface area contributed by atoms with Gasteiger partial charge in [-0.05, 0) is 30.2 Å². The van der Waals surface area contributed by atoms with E-state index in [0.717, 1.165) is 5.56 Å². The highest BCUT2D eigenvalue weighted by molar-refractivity contribution is 7.91.